The smallest absolute Gasteiger partial charge is 0.228 e. The zero-order valence-electron chi connectivity index (χ0n) is 10.8. The molecule has 1 aromatic carbocycles. The Hall–Kier alpha value is -1.79. The van der Waals surface area contributed by atoms with Crippen molar-refractivity contribution in [2.24, 2.45) is 0 Å². The molecule has 0 bridgehead atoms. The summed E-state index contributed by atoms with van der Waals surface area (Å²) in [7, 11) is 1.29. The second-order valence-corrected chi connectivity index (χ2v) is 4.68. The number of hydrogen-bond acceptors (Lipinski definition) is 4. The largest absolute Gasteiger partial charge is 0.492 e. The molecule has 0 spiro atoms. The highest BCUT2D eigenvalue weighted by molar-refractivity contribution is 6.32. The zero-order chi connectivity index (χ0) is 15.6. The lowest BCUT2D eigenvalue weighted by molar-refractivity contribution is 0.192. The van der Waals surface area contributed by atoms with E-state index in [4.69, 9.17) is 33.7 Å². The molecule has 0 aliphatic rings. The van der Waals surface area contributed by atoms with Gasteiger partial charge in [0.05, 0.1) is 23.5 Å². The SMILES string of the molecule is COc1c(Cl)ccc(-c2cc(N)c(OCF)c(Cl)n2)c1F. The summed E-state index contributed by atoms with van der Waals surface area (Å²) < 4.78 is 36.0. The first kappa shape index (κ1) is 15.6. The van der Waals surface area contributed by atoms with Gasteiger partial charge in [0, 0.05) is 5.56 Å². The fraction of sp³-hybridized carbons (Fsp3) is 0.154. The molecule has 0 amide bonds. The third kappa shape index (κ3) is 2.96. The minimum atomic E-state index is -1.10. The van der Waals surface area contributed by atoms with Gasteiger partial charge in [0.1, 0.15) is 0 Å². The number of ether oxygens (including phenoxy) is 2. The van der Waals surface area contributed by atoms with E-state index in [1.54, 1.807) is 0 Å². The normalized spacial score (nSPS) is 10.5. The summed E-state index contributed by atoms with van der Waals surface area (Å²) in [5.41, 5.74) is 5.98. The van der Waals surface area contributed by atoms with E-state index in [2.05, 4.69) is 9.72 Å². The maximum absolute atomic E-state index is 14.3. The molecule has 0 unspecified atom stereocenters. The van der Waals surface area contributed by atoms with Gasteiger partial charge >= 0.3 is 0 Å². The molecular formula is C13H10Cl2F2N2O2. The Morgan fingerprint density at radius 3 is 2.57 bits per heavy atom. The molecule has 4 nitrogen and oxygen atoms in total. The van der Waals surface area contributed by atoms with Crippen LogP contribution in [0.2, 0.25) is 10.2 Å². The molecule has 1 aromatic heterocycles. The Balaban J connectivity index is 2.58. The van der Waals surface area contributed by atoms with E-state index < -0.39 is 12.7 Å². The fourth-order valence-corrected chi connectivity index (χ4v) is 2.25. The number of aromatic nitrogens is 1. The number of nitrogens with two attached hydrogens (primary N) is 1. The van der Waals surface area contributed by atoms with Crippen molar-refractivity contribution >= 4 is 28.9 Å². The van der Waals surface area contributed by atoms with Crippen molar-refractivity contribution in [3.05, 3.63) is 34.2 Å². The molecule has 0 radical (unpaired) electrons. The van der Waals surface area contributed by atoms with Gasteiger partial charge in [0.2, 0.25) is 6.86 Å². The maximum atomic E-state index is 14.3. The zero-order valence-corrected chi connectivity index (χ0v) is 12.3. The Kier molecular flexibility index (Phi) is 4.69. The molecule has 1 heterocycles. The van der Waals surface area contributed by atoms with Crippen molar-refractivity contribution in [3.63, 3.8) is 0 Å². The molecule has 0 aliphatic carbocycles. The minimum Gasteiger partial charge on any atom is -0.492 e. The van der Waals surface area contributed by atoms with Crippen LogP contribution < -0.4 is 15.2 Å². The monoisotopic (exact) mass is 334 g/mol. The van der Waals surface area contributed by atoms with Crippen LogP contribution in [0, 0.1) is 5.82 Å². The molecule has 2 rings (SSSR count). The van der Waals surface area contributed by atoms with Crippen molar-refractivity contribution in [2.45, 2.75) is 0 Å². The van der Waals surface area contributed by atoms with Crippen LogP contribution in [0.25, 0.3) is 11.3 Å². The van der Waals surface area contributed by atoms with Gasteiger partial charge < -0.3 is 15.2 Å². The van der Waals surface area contributed by atoms with Gasteiger partial charge in [-0.3, -0.25) is 0 Å². The third-order valence-corrected chi connectivity index (χ3v) is 3.24. The summed E-state index contributed by atoms with van der Waals surface area (Å²) in [6.07, 6.45) is 0. The Bertz CT molecular complexity index is 660. The molecule has 112 valence electrons. The van der Waals surface area contributed by atoms with Crippen LogP contribution in [-0.2, 0) is 0 Å². The number of rotatable bonds is 4. The first-order valence-corrected chi connectivity index (χ1v) is 6.42. The third-order valence-electron chi connectivity index (χ3n) is 2.69. The van der Waals surface area contributed by atoms with Crippen molar-refractivity contribution < 1.29 is 18.3 Å². The molecule has 0 saturated carbocycles. The predicted octanol–water partition coefficient (Wildman–Crippen LogP) is 4.09. The molecule has 2 aromatic rings. The van der Waals surface area contributed by atoms with Gasteiger partial charge in [-0.15, -0.1) is 0 Å². The number of alkyl halides is 1. The van der Waals surface area contributed by atoms with Gasteiger partial charge in [-0.1, -0.05) is 23.2 Å². The number of methoxy groups -OCH3 is 1. The van der Waals surface area contributed by atoms with Gasteiger partial charge in [-0.05, 0) is 18.2 Å². The van der Waals surface area contributed by atoms with Gasteiger partial charge in [0.15, 0.2) is 22.5 Å². The van der Waals surface area contributed by atoms with E-state index in [-0.39, 0.29) is 38.6 Å². The van der Waals surface area contributed by atoms with Crippen LogP contribution in [0.1, 0.15) is 0 Å². The predicted molar refractivity (Wildman–Crippen MR) is 77.2 cm³/mol. The number of nitrogen functional groups attached to an aromatic ring is 1. The van der Waals surface area contributed by atoms with Crippen molar-refractivity contribution in [2.75, 3.05) is 19.7 Å². The summed E-state index contributed by atoms with van der Waals surface area (Å²) in [6.45, 7) is -1.10. The van der Waals surface area contributed by atoms with Gasteiger partial charge in [0.25, 0.3) is 0 Å². The first-order valence-electron chi connectivity index (χ1n) is 5.66. The van der Waals surface area contributed by atoms with E-state index in [0.29, 0.717) is 0 Å². The lowest BCUT2D eigenvalue weighted by atomic mass is 10.1. The molecule has 21 heavy (non-hydrogen) atoms. The van der Waals surface area contributed by atoms with Crippen molar-refractivity contribution in [1.29, 1.82) is 0 Å². The fourth-order valence-electron chi connectivity index (χ4n) is 1.77. The number of pyridine rings is 1. The van der Waals surface area contributed by atoms with Gasteiger partial charge in [-0.2, -0.15) is 0 Å². The number of anilines is 1. The summed E-state index contributed by atoms with van der Waals surface area (Å²) >= 11 is 11.7. The lowest BCUT2D eigenvalue weighted by Crippen LogP contribution is -2.01. The summed E-state index contributed by atoms with van der Waals surface area (Å²) in [5, 5.41) is -0.0498. The Labute approximate surface area is 129 Å². The number of nitrogens with zero attached hydrogens (tertiary/aromatic N) is 1. The molecule has 0 saturated heterocycles. The lowest BCUT2D eigenvalue weighted by Gasteiger charge is -2.12. The van der Waals surface area contributed by atoms with Crippen LogP contribution in [0.5, 0.6) is 11.5 Å². The van der Waals surface area contributed by atoms with Crippen LogP contribution >= 0.6 is 23.2 Å². The number of hydrogen-bond donors (Lipinski definition) is 1. The average molecular weight is 335 g/mol. The average Bonchev–Trinajstić information content (AvgIpc) is 2.43. The van der Waals surface area contributed by atoms with Crippen molar-refractivity contribution in [3.8, 4) is 22.8 Å². The minimum absolute atomic E-state index is 0.0379. The molecule has 8 heteroatoms. The van der Waals surface area contributed by atoms with Crippen molar-refractivity contribution in [1.82, 2.24) is 4.98 Å². The summed E-state index contributed by atoms with van der Waals surface area (Å²) in [6, 6.07) is 4.19. The maximum Gasteiger partial charge on any atom is 0.228 e. The quantitative estimate of drug-likeness (QED) is 0.855. The highest BCUT2D eigenvalue weighted by atomic mass is 35.5. The van der Waals surface area contributed by atoms with Gasteiger partial charge in [-0.25, -0.2) is 13.8 Å². The molecule has 0 fully saturated rings. The molecule has 0 atom stereocenters. The topological polar surface area (TPSA) is 57.4 Å². The standard InChI is InChI=1S/C13H10Cl2F2N2O2/c1-20-11-7(14)3-2-6(10(11)17)9-4-8(18)12(21-5-16)13(15)19-9/h2-4H,5H2,1H3,(H2,18,19). The second kappa shape index (κ2) is 6.32. The highest BCUT2D eigenvalue weighted by Crippen LogP contribution is 2.38. The molecular weight excluding hydrogens is 325 g/mol. The summed E-state index contributed by atoms with van der Waals surface area (Å²) in [5.74, 6) is -0.911. The van der Waals surface area contributed by atoms with E-state index >= 15 is 0 Å². The van der Waals surface area contributed by atoms with Crippen LogP contribution in [0.15, 0.2) is 18.2 Å². The van der Waals surface area contributed by atoms with E-state index in [1.165, 1.54) is 25.3 Å². The highest BCUT2D eigenvalue weighted by Gasteiger charge is 2.18. The molecule has 0 aliphatic heterocycles. The van der Waals surface area contributed by atoms with Crippen LogP contribution in [0.3, 0.4) is 0 Å². The second-order valence-electron chi connectivity index (χ2n) is 3.91. The van der Waals surface area contributed by atoms with E-state index in [9.17, 15) is 8.78 Å². The number of benzene rings is 1. The Morgan fingerprint density at radius 1 is 1.29 bits per heavy atom. The van der Waals surface area contributed by atoms with E-state index in [0.717, 1.165) is 0 Å². The number of halogens is 4. The van der Waals surface area contributed by atoms with Crippen LogP contribution in [-0.4, -0.2) is 19.0 Å². The van der Waals surface area contributed by atoms with Crippen LogP contribution in [0.4, 0.5) is 14.5 Å². The first-order chi connectivity index (χ1) is 9.99. The molecule has 2 N–H and O–H groups in total. The summed E-state index contributed by atoms with van der Waals surface area (Å²) in [4.78, 5) is 3.94. The Morgan fingerprint density at radius 2 is 2.00 bits per heavy atom. The van der Waals surface area contributed by atoms with E-state index in [1.807, 2.05) is 0 Å².